The molecule has 0 amide bonds. The fourth-order valence-electron chi connectivity index (χ4n) is 5.06. The molecule has 244 valence electrons. The van der Waals surface area contributed by atoms with Crippen LogP contribution >= 0.6 is 0 Å². The van der Waals surface area contributed by atoms with Gasteiger partial charge in [-0.05, 0) is 76.7 Å². The first-order chi connectivity index (χ1) is 20.6. The topological polar surface area (TPSA) is 83.8 Å². The second-order valence-corrected chi connectivity index (χ2v) is 13.0. The highest BCUT2D eigenvalue weighted by atomic mass is 28.2. The van der Waals surface area contributed by atoms with Gasteiger partial charge in [0.1, 0.15) is 0 Å². The van der Waals surface area contributed by atoms with E-state index in [2.05, 4.69) is 24.3 Å². The number of unbranched alkanes of at least 4 members (excludes halogenated alkanes) is 22. The number of carboxylic acids is 2. The Balaban J connectivity index is 3.13. The van der Waals surface area contributed by atoms with Gasteiger partial charge in [0.25, 0.3) is 0 Å². The summed E-state index contributed by atoms with van der Waals surface area (Å²) in [6.45, 7) is 0.945. The minimum Gasteiger partial charge on any atom is -0.481 e. The Morgan fingerprint density at radius 1 is 0.429 bits per heavy atom. The first-order valence-electron chi connectivity index (χ1n) is 17.7. The Hall–Kier alpha value is -1.40. The molecule has 6 heteroatoms. The highest BCUT2D eigenvalue weighted by molar-refractivity contribution is 6.26. The van der Waals surface area contributed by atoms with Crippen molar-refractivity contribution in [3.8, 4) is 0 Å². The molecule has 0 aliphatic rings. The fraction of sp³-hybridized carbons (Fsp3) is 0.833. The molecule has 0 aliphatic heterocycles. The predicted molar refractivity (Wildman–Crippen MR) is 179 cm³/mol. The Kier molecular flexibility index (Phi) is 34.6. The van der Waals surface area contributed by atoms with Gasteiger partial charge in [0.2, 0.25) is 9.76 Å². The van der Waals surface area contributed by atoms with E-state index >= 15 is 0 Å². The van der Waals surface area contributed by atoms with Crippen LogP contribution in [0.15, 0.2) is 24.3 Å². The van der Waals surface area contributed by atoms with E-state index in [1.54, 1.807) is 0 Å². The van der Waals surface area contributed by atoms with Gasteiger partial charge in [-0.25, -0.2) is 0 Å². The molecule has 0 spiro atoms. The van der Waals surface area contributed by atoms with Gasteiger partial charge < -0.3 is 14.6 Å². The highest BCUT2D eigenvalue weighted by Crippen LogP contribution is 2.12. The van der Waals surface area contributed by atoms with E-state index in [0.717, 1.165) is 45.1 Å². The maximum Gasteiger partial charge on any atom is 0.303 e. The molecule has 0 heterocycles. The van der Waals surface area contributed by atoms with Crippen molar-refractivity contribution < 1.29 is 24.2 Å². The lowest BCUT2D eigenvalue weighted by Gasteiger charge is -2.04. The second kappa shape index (κ2) is 35.8. The van der Waals surface area contributed by atoms with Crippen molar-refractivity contribution in [2.45, 2.75) is 186 Å². The number of hydrogen-bond acceptors (Lipinski definition) is 3. The smallest absolute Gasteiger partial charge is 0.303 e. The van der Waals surface area contributed by atoms with Gasteiger partial charge in [-0.2, -0.15) is 0 Å². The highest BCUT2D eigenvalue weighted by Gasteiger charge is 1.98. The summed E-state index contributed by atoms with van der Waals surface area (Å²) in [5, 5.41) is 17.2. The van der Waals surface area contributed by atoms with E-state index in [1.165, 1.54) is 134 Å². The SMILES string of the molecule is O=C(O)CCCCCCC/C=C\CCCCCCCCO[Si]CCCCCCCC/C=C\CCCCCCCC(=O)O. The molecular formula is C36H66O5Si. The maximum atomic E-state index is 10.5. The van der Waals surface area contributed by atoms with E-state index in [-0.39, 0.29) is 0 Å². The van der Waals surface area contributed by atoms with Crippen molar-refractivity contribution in [1.29, 1.82) is 0 Å². The molecule has 0 aromatic heterocycles. The summed E-state index contributed by atoms with van der Waals surface area (Å²) < 4.78 is 5.86. The van der Waals surface area contributed by atoms with Gasteiger partial charge in [0.15, 0.2) is 0 Å². The van der Waals surface area contributed by atoms with Crippen molar-refractivity contribution in [2.75, 3.05) is 6.61 Å². The quantitative estimate of drug-likeness (QED) is 0.0426. The number of aliphatic carboxylic acids is 2. The molecule has 0 saturated heterocycles. The summed E-state index contributed by atoms with van der Waals surface area (Å²) >= 11 is 0. The third-order valence-electron chi connectivity index (χ3n) is 7.73. The molecular weight excluding hydrogens is 540 g/mol. The van der Waals surface area contributed by atoms with E-state index in [9.17, 15) is 9.59 Å². The zero-order chi connectivity index (χ0) is 30.6. The third kappa shape index (κ3) is 38.6. The fourth-order valence-corrected chi connectivity index (χ4v) is 5.89. The molecule has 0 aromatic carbocycles. The molecule has 42 heavy (non-hydrogen) atoms. The summed E-state index contributed by atoms with van der Waals surface area (Å²) in [7, 11) is 0.690. The van der Waals surface area contributed by atoms with Gasteiger partial charge >= 0.3 is 11.9 Å². The molecule has 0 saturated carbocycles. The first kappa shape index (κ1) is 40.6. The van der Waals surface area contributed by atoms with Crippen molar-refractivity contribution in [2.24, 2.45) is 0 Å². The van der Waals surface area contributed by atoms with Gasteiger partial charge in [-0.15, -0.1) is 0 Å². The summed E-state index contributed by atoms with van der Waals surface area (Å²) in [5.74, 6) is -1.34. The Morgan fingerprint density at radius 2 is 0.738 bits per heavy atom. The van der Waals surface area contributed by atoms with Crippen LogP contribution in [0.25, 0.3) is 0 Å². The zero-order valence-electron chi connectivity index (χ0n) is 27.1. The average molecular weight is 607 g/mol. The number of carbonyl (C=O) groups is 2. The molecule has 0 aromatic rings. The predicted octanol–water partition coefficient (Wildman–Crippen LogP) is 11.2. The Labute approximate surface area is 262 Å². The molecule has 0 bridgehead atoms. The van der Waals surface area contributed by atoms with Crippen LogP contribution in [0.2, 0.25) is 6.04 Å². The normalized spacial score (nSPS) is 11.7. The van der Waals surface area contributed by atoms with Crippen molar-refractivity contribution >= 4 is 21.7 Å². The van der Waals surface area contributed by atoms with Crippen LogP contribution in [0.1, 0.15) is 180 Å². The van der Waals surface area contributed by atoms with Crippen LogP contribution < -0.4 is 0 Å². The average Bonchev–Trinajstić information content (AvgIpc) is 2.96. The van der Waals surface area contributed by atoms with E-state index in [1.807, 2.05) is 0 Å². The van der Waals surface area contributed by atoms with Gasteiger partial charge in [-0.3, -0.25) is 9.59 Å². The summed E-state index contributed by atoms with van der Waals surface area (Å²) in [6.07, 6.45) is 41.7. The summed E-state index contributed by atoms with van der Waals surface area (Å²) in [6, 6.07) is 1.24. The monoisotopic (exact) mass is 606 g/mol. The van der Waals surface area contributed by atoms with Gasteiger partial charge in [0.05, 0.1) is 0 Å². The minimum absolute atomic E-state index is 0.319. The third-order valence-corrected chi connectivity index (χ3v) is 8.69. The lowest BCUT2D eigenvalue weighted by Crippen LogP contribution is -2.00. The van der Waals surface area contributed by atoms with E-state index < -0.39 is 11.9 Å². The molecule has 0 atom stereocenters. The van der Waals surface area contributed by atoms with Gasteiger partial charge in [-0.1, -0.05) is 121 Å². The second-order valence-electron chi connectivity index (χ2n) is 11.9. The minimum atomic E-state index is -0.671. The number of allylic oxidation sites excluding steroid dienone is 4. The van der Waals surface area contributed by atoms with Gasteiger partial charge in [0, 0.05) is 19.4 Å². The van der Waals surface area contributed by atoms with Crippen molar-refractivity contribution in [3.05, 3.63) is 24.3 Å². The number of hydrogen-bond donors (Lipinski definition) is 2. The zero-order valence-corrected chi connectivity index (χ0v) is 28.1. The first-order valence-corrected chi connectivity index (χ1v) is 18.8. The molecule has 0 unspecified atom stereocenters. The largest absolute Gasteiger partial charge is 0.481 e. The summed E-state index contributed by atoms with van der Waals surface area (Å²) in [4.78, 5) is 20.9. The van der Waals surface area contributed by atoms with Crippen molar-refractivity contribution in [3.63, 3.8) is 0 Å². The maximum absolute atomic E-state index is 10.5. The Bertz CT molecular complexity index is 580. The number of carboxylic acid groups (broad SMARTS) is 2. The van der Waals surface area contributed by atoms with Crippen LogP contribution in [-0.4, -0.2) is 38.5 Å². The van der Waals surface area contributed by atoms with Crippen LogP contribution in [0.4, 0.5) is 0 Å². The van der Waals surface area contributed by atoms with Crippen LogP contribution in [0, 0.1) is 0 Å². The standard InChI is InChI=1S/C36H66O5Si/c37-35(38)31-27-23-19-15-11-7-3-1-5-9-13-17-21-25-29-33-41-42-34-30-26-22-18-14-10-6-2-4-8-12-16-20-24-28-32-36(39)40/h1-4H,5-34H2,(H,37,38)(H,39,40)/b3-1-,4-2-. The lowest BCUT2D eigenvalue weighted by atomic mass is 10.1. The molecule has 2 radical (unpaired) electrons. The van der Waals surface area contributed by atoms with Crippen LogP contribution in [0.5, 0.6) is 0 Å². The molecule has 2 N–H and O–H groups in total. The summed E-state index contributed by atoms with van der Waals surface area (Å²) in [5.41, 5.74) is 0. The van der Waals surface area contributed by atoms with Crippen LogP contribution in [-0.2, 0) is 14.0 Å². The lowest BCUT2D eigenvalue weighted by molar-refractivity contribution is -0.138. The molecule has 0 aliphatic carbocycles. The number of rotatable bonds is 35. The molecule has 0 rings (SSSR count). The van der Waals surface area contributed by atoms with Crippen LogP contribution in [0.3, 0.4) is 0 Å². The van der Waals surface area contributed by atoms with Crippen molar-refractivity contribution in [1.82, 2.24) is 0 Å². The molecule has 5 nitrogen and oxygen atoms in total. The van der Waals surface area contributed by atoms with E-state index in [0.29, 0.717) is 22.6 Å². The Morgan fingerprint density at radius 3 is 1.12 bits per heavy atom. The molecule has 0 fully saturated rings. The van der Waals surface area contributed by atoms with E-state index in [4.69, 9.17) is 14.6 Å².